The Hall–Kier alpha value is -2.03. The number of nitrogens with zero attached hydrogens (tertiary/aromatic N) is 1. The molecular weight excluding hydrogens is 509 g/mol. The molecule has 1 aromatic heterocycles. The van der Waals surface area contributed by atoms with Crippen molar-refractivity contribution in [3.63, 3.8) is 0 Å². The summed E-state index contributed by atoms with van der Waals surface area (Å²) in [5.41, 5.74) is 14.4. The van der Waals surface area contributed by atoms with Crippen LogP contribution in [0.2, 0.25) is 0 Å². The number of primary amides is 1. The summed E-state index contributed by atoms with van der Waals surface area (Å²) in [7, 11) is 0. The van der Waals surface area contributed by atoms with Crippen LogP contribution in [0.25, 0.3) is 5.69 Å². The average molecular weight is 540 g/mol. The van der Waals surface area contributed by atoms with Gasteiger partial charge in [-0.2, -0.15) is 6.07 Å². The number of hydrogen-bond donors (Lipinski definition) is 3. The summed E-state index contributed by atoms with van der Waals surface area (Å²) in [5.74, 6) is -0.783. The van der Waals surface area contributed by atoms with Gasteiger partial charge >= 0.3 is 5.97 Å². The molecule has 34 heavy (non-hydrogen) atoms. The molecule has 2 aromatic rings. The van der Waals surface area contributed by atoms with Crippen LogP contribution >= 0.6 is 0 Å². The van der Waals surface area contributed by atoms with Crippen LogP contribution in [0.15, 0.2) is 24.4 Å². The van der Waals surface area contributed by atoms with E-state index in [4.69, 9.17) is 16.2 Å². The fraction of sp³-hybridized carbons (Fsp3) is 0.480. The van der Waals surface area contributed by atoms with Gasteiger partial charge in [0.1, 0.15) is 6.10 Å². The monoisotopic (exact) mass is 540 g/mol. The van der Waals surface area contributed by atoms with E-state index in [0.717, 1.165) is 43.5 Å². The van der Waals surface area contributed by atoms with Crippen LogP contribution in [-0.4, -0.2) is 40.9 Å². The van der Waals surface area contributed by atoms with Crippen molar-refractivity contribution in [1.29, 1.82) is 0 Å². The molecule has 8 nitrogen and oxygen atoms in total. The van der Waals surface area contributed by atoms with Crippen molar-refractivity contribution in [1.82, 2.24) is 4.57 Å². The number of Topliss-reactive ketones (excluding diaryl/α,β-unsaturated/α-hetero) is 1. The molecule has 1 heterocycles. The standard InChI is InChI=1S/C25H31N4O4.Y/c1-25(2)12-21-19(22(30)13-25)9-10-29(21)16-5-8-18(24(27)32)20(11-16)28-15-3-6-17(7-4-15)33-23(31)14-26;/h5,8,10-11,15,17,28H,3-4,6-7,12-14,26H2,1-2H3,(H2,27,32);/q-1;. The minimum Gasteiger partial charge on any atom is -0.461 e. The third-order valence-electron chi connectivity index (χ3n) is 6.53. The van der Waals surface area contributed by atoms with E-state index in [-0.39, 0.29) is 68.6 Å². The molecule has 0 saturated heterocycles. The number of carbonyl (C=O) groups excluding carboxylic acids is 3. The molecule has 2 aliphatic rings. The van der Waals surface area contributed by atoms with Gasteiger partial charge in [-0.15, -0.1) is 5.56 Å². The van der Waals surface area contributed by atoms with Crippen molar-refractivity contribution in [3.8, 4) is 5.69 Å². The normalized spacial score (nSPS) is 21.2. The van der Waals surface area contributed by atoms with E-state index in [1.807, 2.05) is 16.7 Å². The van der Waals surface area contributed by atoms with Crippen LogP contribution in [0.3, 0.4) is 0 Å². The molecule has 1 radical (unpaired) electrons. The second kappa shape index (κ2) is 10.7. The Bertz CT molecular complexity index is 1090. The van der Waals surface area contributed by atoms with Crippen molar-refractivity contribution < 1.29 is 51.8 Å². The third-order valence-corrected chi connectivity index (χ3v) is 6.53. The van der Waals surface area contributed by atoms with Crippen LogP contribution in [0, 0.1) is 11.5 Å². The van der Waals surface area contributed by atoms with Gasteiger partial charge in [-0.1, -0.05) is 32.2 Å². The zero-order valence-electron chi connectivity index (χ0n) is 19.7. The second-order valence-electron chi connectivity index (χ2n) is 9.81. The van der Waals surface area contributed by atoms with E-state index in [9.17, 15) is 14.4 Å². The summed E-state index contributed by atoms with van der Waals surface area (Å²) < 4.78 is 7.33. The smallest absolute Gasteiger partial charge is 0.319 e. The van der Waals surface area contributed by atoms with Crippen LogP contribution < -0.4 is 16.8 Å². The summed E-state index contributed by atoms with van der Waals surface area (Å²) >= 11 is 0. The molecule has 1 fully saturated rings. The molecule has 2 aliphatic carbocycles. The molecule has 5 N–H and O–H groups in total. The van der Waals surface area contributed by atoms with Gasteiger partial charge in [-0.3, -0.25) is 9.59 Å². The van der Waals surface area contributed by atoms with E-state index in [2.05, 4.69) is 25.2 Å². The Kier molecular flexibility index (Phi) is 8.37. The van der Waals surface area contributed by atoms with E-state index >= 15 is 0 Å². The predicted molar refractivity (Wildman–Crippen MR) is 124 cm³/mol. The fourth-order valence-corrected chi connectivity index (χ4v) is 4.89. The summed E-state index contributed by atoms with van der Waals surface area (Å²) in [6.45, 7) is 4.07. The number of ether oxygens (including phenoxy) is 1. The van der Waals surface area contributed by atoms with Crippen molar-refractivity contribution in [2.45, 2.75) is 64.5 Å². The largest absolute Gasteiger partial charge is 0.461 e. The SMILES string of the molecule is CC1(C)CC(=O)c2[c-]cn(-c3ccc(C(N)=O)c(NC4CCC(OC(=O)CN)CC4)c3)c2C1.[Y]. The first kappa shape index (κ1) is 26.6. The Morgan fingerprint density at radius 3 is 2.56 bits per heavy atom. The van der Waals surface area contributed by atoms with Gasteiger partial charge in [-0.05, 0) is 55.7 Å². The number of esters is 1. The minimum atomic E-state index is -0.507. The number of aromatic nitrogens is 1. The number of carbonyl (C=O) groups is 3. The number of nitrogens with one attached hydrogen (secondary N) is 1. The number of amides is 1. The van der Waals surface area contributed by atoms with Crippen LogP contribution in [0.1, 0.15) is 72.4 Å². The van der Waals surface area contributed by atoms with Crippen LogP contribution in [0.5, 0.6) is 0 Å². The van der Waals surface area contributed by atoms with Crippen molar-refractivity contribution in [2.24, 2.45) is 16.9 Å². The maximum atomic E-state index is 12.6. The molecule has 1 amide bonds. The van der Waals surface area contributed by atoms with E-state index in [1.165, 1.54) is 0 Å². The topological polar surface area (TPSA) is 129 Å². The van der Waals surface area contributed by atoms with E-state index in [0.29, 0.717) is 23.2 Å². The summed E-state index contributed by atoms with van der Waals surface area (Å²) in [6, 6.07) is 8.71. The zero-order chi connectivity index (χ0) is 23.8. The fourth-order valence-electron chi connectivity index (χ4n) is 4.89. The number of fused-ring (bicyclic) bond motifs is 1. The molecular formula is C25H31N4O4Y-. The molecule has 0 aliphatic heterocycles. The third kappa shape index (κ3) is 5.78. The summed E-state index contributed by atoms with van der Waals surface area (Å²) in [4.78, 5) is 36.1. The number of nitrogens with two attached hydrogens (primary N) is 2. The van der Waals surface area contributed by atoms with Gasteiger partial charge in [0.2, 0.25) is 0 Å². The first-order valence-corrected chi connectivity index (χ1v) is 11.4. The molecule has 9 heteroatoms. The molecule has 0 spiro atoms. The van der Waals surface area contributed by atoms with Crippen molar-refractivity contribution in [3.05, 3.63) is 47.3 Å². The number of rotatable bonds is 6. The van der Waals surface area contributed by atoms with Crippen LogP contribution in [0.4, 0.5) is 5.69 Å². The Labute approximate surface area is 225 Å². The molecule has 0 atom stereocenters. The van der Waals surface area contributed by atoms with Crippen molar-refractivity contribution in [2.75, 3.05) is 11.9 Å². The minimum absolute atomic E-state index is 0. The van der Waals surface area contributed by atoms with Gasteiger partial charge in [0.05, 0.1) is 17.9 Å². The maximum absolute atomic E-state index is 12.6. The summed E-state index contributed by atoms with van der Waals surface area (Å²) in [5, 5.41) is 3.47. The first-order chi connectivity index (χ1) is 15.7. The average Bonchev–Trinajstić information content (AvgIpc) is 3.17. The van der Waals surface area contributed by atoms with E-state index < -0.39 is 5.91 Å². The maximum Gasteiger partial charge on any atom is 0.319 e. The Morgan fingerprint density at radius 1 is 1.21 bits per heavy atom. The van der Waals surface area contributed by atoms with Gasteiger partial charge in [-0.25, -0.2) is 0 Å². The Balaban J connectivity index is 0.00000324. The number of anilines is 1. The van der Waals surface area contributed by atoms with Gasteiger partial charge < -0.3 is 30.9 Å². The molecule has 0 unspecified atom stereocenters. The predicted octanol–water partition coefficient (Wildman–Crippen LogP) is 2.75. The zero-order valence-corrected chi connectivity index (χ0v) is 22.6. The molecule has 0 bridgehead atoms. The number of hydrogen-bond acceptors (Lipinski definition) is 6. The quantitative estimate of drug-likeness (QED) is 0.382. The molecule has 179 valence electrons. The van der Waals surface area contributed by atoms with E-state index in [1.54, 1.807) is 12.3 Å². The number of benzene rings is 1. The van der Waals surface area contributed by atoms with Gasteiger partial charge in [0, 0.05) is 50.1 Å². The first-order valence-electron chi connectivity index (χ1n) is 11.4. The molecule has 4 rings (SSSR count). The van der Waals surface area contributed by atoms with Crippen molar-refractivity contribution >= 4 is 23.3 Å². The second-order valence-corrected chi connectivity index (χ2v) is 9.81. The molecule has 1 aromatic carbocycles. The van der Waals surface area contributed by atoms with Gasteiger partial charge in [0.15, 0.2) is 0 Å². The van der Waals surface area contributed by atoms with Crippen LogP contribution in [-0.2, 0) is 48.7 Å². The molecule has 1 saturated carbocycles. The number of ketones is 1. The summed E-state index contributed by atoms with van der Waals surface area (Å²) in [6.07, 6.45) is 5.99. The van der Waals surface area contributed by atoms with Gasteiger partial charge in [0.25, 0.3) is 5.91 Å². The Morgan fingerprint density at radius 2 is 1.91 bits per heavy atom.